The third kappa shape index (κ3) is 68.1. The molecule has 2 unspecified atom stereocenters. The van der Waals surface area contributed by atoms with Crippen molar-refractivity contribution < 1.29 is 37.6 Å². The molecule has 0 rings (SSSR count). The first-order valence-electron chi connectivity index (χ1n) is 33.3. The summed E-state index contributed by atoms with van der Waals surface area (Å²) in [6.45, 7) is 3.47. The number of phosphoric ester groups is 1. The minimum absolute atomic E-state index is 0.0405. The molecule has 0 aromatic heterocycles. The van der Waals surface area contributed by atoms with Crippen LogP contribution < -0.4 is 5.73 Å². The van der Waals surface area contributed by atoms with Gasteiger partial charge in [0.05, 0.1) is 13.2 Å². The van der Waals surface area contributed by atoms with Crippen LogP contribution in [-0.2, 0) is 32.7 Å². The molecule has 0 aliphatic rings. The molecule has 10 heteroatoms. The monoisotopic (exact) mass is 1190 g/mol. The number of carbonyl (C=O) groups excluding carboxylic acids is 2. The van der Waals surface area contributed by atoms with Crippen molar-refractivity contribution in [2.24, 2.45) is 5.73 Å². The van der Waals surface area contributed by atoms with Crippen molar-refractivity contribution in [2.45, 2.75) is 251 Å². The topological polar surface area (TPSA) is 134 Å². The molecule has 0 radical (unpaired) electrons. The van der Waals surface area contributed by atoms with Gasteiger partial charge in [0.2, 0.25) is 0 Å². The molecule has 0 saturated carbocycles. The van der Waals surface area contributed by atoms with Crippen molar-refractivity contribution in [3.63, 3.8) is 0 Å². The van der Waals surface area contributed by atoms with Gasteiger partial charge in [-0.1, -0.05) is 280 Å². The number of hydrogen-bond donors (Lipinski definition) is 2. The van der Waals surface area contributed by atoms with Crippen molar-refractivity contribution in [3.05, 3.63) is 182 Å². The van der Waals surface area contributed by atoms with Gasteiger partial charge in [0, 0.05) is 19.4 Å². The maximum atomic E-state index is 12.8. The predicted octanol–water partition coefficient (Wildman–Crippen LogP) is 22.0. The molecule has 0 aromatic carbocycles. The third-order valence-electron chi connectivity index (χ3n) is 13.3. The van der Waals surface area contributed by atoms with Crippen molar-refractivity contribution in [1.29, 1.82) is 0 Å². The minimum atomic E-state index is -4.41. The molecule has 0 bridgehead atoms. The Kier molecular flexibility index (Phi) is 64.3. The minimum Gasteiger partial charge on any atom is -0.462 e. The fourth-order valence-corrected chi connectivity index (χ4v) is 9.22. The molecule has 85 heavy (non-hydrogen) atoms. The molecule has 3 N–H and O–H groups in total. The number of nitrogens with two attached hydrogens (primary N) is 1. The summed E-state index contributed by atoms with van der Waals surface area (Å²) in [6.07, 6.45) is 103. The van der Waals surface area contributed by atoms with Gasteiger partial charge in [-0.15, -0.1) is 0 Å². The highest BCUT2D eigenvalue weighted by Crippen LogP contribution is 2.43. The van der Waals surface area contributed by atoms with Gasteiger partial charge in [-0.25, -0.2) is 4.57 Å². The van der Waals surface area contributed by atoms with Gasteiger partial charge >= 0.3 is 19.8 Å². The van der Waals surface area contributed by atoms with E-state index in [9.17, 15) is 19.0 Å². The lowest BCUT2D eigenvalue weighted by molar-refractivity contribution is -0.161. The Morgan fingerprint density at radius 1 is 0.353 bits per heavy atom. The quantitative estimate of drug-likeness (QED) is 0.0264. The highest BCUT2D eigenvalue weighted by molar-refractivity contribution is 7.47. The number of ether oxygens (including phenoxy) is 2. The number of phosphoric acid groups is 1. The Hall–Kier alpha value is -4.89. The highest BCUT2D eigenvalue weighted by Gasteiger charge is 2.26. The van der Waals surface area contributed by atoms with Crippen LogP contribution in [0.2, 0.25) is 0 Å². The van der Waals surface area contributed by atoms with Crippen molar-refractivity contribution in [2.75, 3.05) is 26.4 Å². The zero-order chi connectivity index (χ0) is 61.6. The zero-order valence-electron chi connectivity index (χ0n) is 53.5. The SMILES string of the molecule is CC/C=C\C/C=C\C/C=C\C/C=C\C/C=C\C/C=C\C/C=C\C/C=C\C/C=C\CCCCCCCCCCCCCCCC(=O)OC(COC(=O)CCCCCC/C=C\C/C=C\C/C=C\C/C=C\C/C=C\C/C=C\CC)COP(=O)(O)OCCN. The lowest BCUT2D eigenvalue weighted by Gasteiger charge is -2.19. The van der Waals surface area contributed by atoms with Crippen LogP contribution in [0.4, 0.5) is 0 Å². The van der Waals surface area contributed by atoms with Gasteiger partial charge in [-0.05, 0) is 135 Å². The standard InChI is InChI=1S/C75H120NO8P/c1-3-5-7-9-11-13-15-17-19-21-23-25-27-28-29-30-31-32-33-34-35-36-37-38-39-40-41-42-43-44-46-48-50-52-54-56-58-60-62-64-66-68-75(78)84-73(72-83-85(79,80)82-70-69-76)71-81-74(77)67-65-63-61-59-57-55-53-51-49-47-45-26-24-22-20-18-16-14-12-10-8-6-4-2/h5-8,11-14,17-20,23-26,28-29,31-32,34-35,37-38,40-41,47,49,53,55,73H,3-4,9-10,15-16,21-22,27,30,33,36,39,42-46,48,50-52,54,56-72,76H2,1-2H3,(H,79,80)/b7-5-,8-6-,13-11-,14-12-,19-17-,20-18-,25-23-,26-24-,29-28-,32-31-,35-34-,38-37-,41-40-,49-47-,55-53-. The van der Waals surface area contributed by atoms with Gasteiger partial charge in [0.25, 0.3) is 0 Å². The molecule has 0 saturated heterocycles. The smallest absolute Gasteiger partial charge is 0.462 e. The summed E-state index contributed by atoms with van der Waals surface area (Å²) >= 11 is 0. The van der Waals surface area contributed by atoms with Crippen molar-refractivity contribution in [3.8, 4) is 0 Å². The van der Waals surface area contributed by atoms with E-state index in [4.69, 9.17) is 24.3 Å². The molecule has 9 nitrogen and oxygen atoms in total. The summed E-state index contributed by atoms with van der Waals surface area (Å²) in [5.41, 5.74) is 5.39. The summed E-state index contributed by atoms with van der Waals surface area (Å²) in [5, 5.41) is 0. The predicted molar refractivity (Wildman–Crippen MR) is 366 cm³/mol. The molecule has 2 atom stereocenters. The summed E-state index contributed by atoms with van der Waals surface area (Å²) in [4.78, 5) is 35.3. The molecule has 0 aliphatic carbocycles. The Morgan fingerprint density at radius 3 is 0.906 bits per heavy atom. The van der Waals surface area contributed by atoms with Crippen LogP contribution in [0.25, 0.3) is 0 Å². The van der Waals surface area contributed by atoms with Crippen LogP contribution in [0.3, 0.4) is 0 Å². The maximum absolute atomic E-state index is 12.8. The Balaban J connectivity index is 3.98. The van der Waals surface area contributed by atoms with Gasteiger partial charge < -0.3 is 20.1 Å². The molecule has 0 spiro atoms. The normalized spacial score (nSPS) is 14.2. The number of carbonyl (C=O) groups is 2. The van der Waals surface area contributed by atoms with E-state index in [0.29, 0.717) is 12.8 Å². The van der Waals surface area contributed by atoms with Crippen LogP contribution in [0.1, 0.15) is 245 Å². The Bertz CT molecular complexity index is 2040. The average Bonchev–Trinajstić information content (AvgIpc) is 3.52. The van der Waals surface area contributed by atoms with Crippen LogP contribution in [0.5, 0.6) is 0 Å². The zero-order valence-corrected chi connectivity index (χ0v) is 54.4. The summed E-state index contributed by atoms with van der Waals surface area (Å²) in [7, 11) is -4.41. The third-order valence-corrected chi connectivity index (χ3v) is 14.3. The molecule has 478 valence electrons. The van der Waals surface area contributed by atoms with Gasteiger partial charge in [-0.3, -0.25) is 18.6 Å². The lowest BCUT2D eigenvalue weighted by Crippen LogP contribution is -2.29. The largest absolute Gasteiger partial charge is 0.472 e. The van der Waals surface area contributed by atoms with Crippen LogP contribution >= 0.6 is 7.82 Å². The molecule has 0 aromatic rings. The fraction of sp³-hybridized carbons (Fsp3) is 0.573. The van der Waals surface area contributed by atoms with E-state index in [-0.39, 0.29) is 32.6 Å². The van der Waals surface area contributed by atoms with E-state index in [1.807, 2.05) is 0 Å². The van der Waals surface area contributed by atoms with Crippen LogP contribution in [-0.4, -0.2) is 49.3 Å². The number of unbranched alkanes of at least 4 members (excludes halogenated alkanes) is 17. The van der Waals surface area contributed by atoms with Gasteiger partial charge in [0.15, 0.2) is 6.10 Å². The van der Waals surface area contributed by atoms with Gasteiger partial charge in [0.1, 0.15) is 6.61 Å². The molecular weight excluding hydrogens is 1070 g/mol. The number of rotatable bonds is 60. The van der Waals surface area contributed by atoms with Crippen molar-refractivity contribution >= 4 is 19.8 Å². The highest BCUT2D eigenvalue weighted by atomic mass is 31.2. The first kappa shape index (κ1) is 80.1. The van der Waals surface area contributed by atoms with E-state index in [2.05, 4.69) is 196 Å². The second-order valence-corrected chi connectivity index (χ2v) is 22.7. The number of hydrogen-bond acceptors (Lipinski definition) is 8. The summed E-state index contributed by atoms with van der Waals surface area (Å²) in [5.74, 6) is -0.868. The first-order valence-corrected chi connectivity index (χ1v) is 34.8. The molecular formula is C75H120NO8P. The maximum Gasteiger partial charge on any atom is 0.472 e. The summed E-state index contributed by atoms with van der Waals surface area (Å²) in [6, 6.07) is 0. The fourth-order valence-electron chi connectivity index (χ4n) is 8.46. The van der Waals surface area contributed by atoms with Gasteiger partial charge in [-0.2, -0.15) is 0 Å². The van der Waals surface area contributed by atoms with E-state index >= 15 is 0 Å². The van der Waals surface area contributed by atoms with Crippen LogP contribution in [0, 0.1) is 0 Å². The average molecular weight is 1190 g/mol. The molecule has 0 heterocycles. The second-order valence-electron chi connectivity index (χ2n) is 21.2. The van der Waals surface area contributed by atoms with E-state index in [1.54, 1.807) is 0 Å². The second kappa shape index (κ2) is 68.2. The van der Waals surface area contributed by atoms with E-state index in [1.165, 1.54) is 64.2 Å². The van der Waals surface area contributed by atoms with E-state index in [0.717, 1.165) is 141 Å². The summed E-state index contributed by atoms with van der Waals surface area (Å²) < 4.78 is 33.1. The Morgan fingerprint density at radius 2 is 0.612 bits per heavy atom. The lowest BCUT2D eigenvalue weighted by atomic mass is 10.0. The Labute approximate surface area is 520 Å². The molecule has 0 aliphatic heterocycles. The number of esters is 2. The first-order chi connectivity index (χ1) is 41.8. The van der Waals surface area contributed by atoms with Crippen LogP contribution in [0.15, 0.2) is 182 Å². The molecule has 0 amide bonds. The number of allylic oxidation sites excluding steroid dienone is 30. The van der Waals surface area contributed by atoms with E-state index < -0.39 is 32.5 Å². The van der Waals surface area contributed by atoms with Crippen molar-refractivity contribution in [1.82, 2.24) is 0 Å². The molecule has 0 fully saturated rings.